The van der Waals surface area contributed by atoms with E-state index in [9.17, 15) is 23.1 Å². The highest BCUT2D eigenvalue weighted by Gasteiger charge is 2.39. The second kappa shape index (κ2) is 5.26. The molecule has 1 aliphatic rings. The SMILES string of the molecule is [C-]#[N+]c1ccc(N2C(=O)OC[C@@H]2[C@@H](C)O)cc1C(F)(F)F. The molecule has 1 amide bonds. The highest BCUT2D eigenvalue weighted by molar-refractivity contribution is 5.91. The molecule has 112 valence electrons. The van der Waals surface area contributed by atoms with Crippen LogP contribution in [0.2, 0.25) is 0 Å². The van der Waals surface area contributed by atoms with Crippen molar-refractivity contribution in [3.05, 3.63) is 35.2 Å². The minimum Gasteiger partial charge on any atom is -0.447 e. The first-order chi connectivity index (χ1) is 9.75. The Hall–Kier alpha value is -2.27. The lowest BCUT2D eigenvalue weighted by atomic mass is 10.1. The van der Waals surface area contributed by atoms with Crippen molar-refractivity contribution < 1.29 is 27.8 Å². The van der Waals surface area contributed by atoms with Gasteiger partial charge in [0.2, 0.25) is 0 Å². The lowest BCUT2D eigenvalue weighted by Gasteiger charge is -2.24. The van der Waals surface area contributed by atoms with Gasteiger partial charge >= 0.3 is 12.3 Å². The van der Waals surface area contributed by atoms with E-state index in [1.165, 1.54) is 13.0 Å². The number of hydrogen-bond acceptors (Lipinski definition) is 3. The monoisotopic (exact) mass is 300 g/mol. The maximum Gasteiger partial charge on any atom is 0.414 e. The molecule has 8 heteroatoms. The molecule has 1 saturated heterocycles. The van der Waals surface area contributed by atoms with Crippen LogP contribution in [0.25, 0.3) is 4.85 Å². The fourth-order valence-electron chi connectivity index (χ4n) is 2.09. The standard InChI is InChI=1S/C13H11F3N2O3/c1-7(19)11-6-21-12(20)18(11)8-3-4-10(17-2)9(5-8)13(14,15)16/h3-5,7,11,19H,6H2,1H3/t7-,11-/m1/s1. The molecule has 1 fully saturated rings. The summed E-state index contributed by atoms with van der Waals surface area (Å²) >= 11 is 0. The van der Waals surface area contributed by atoms with Crippen LogP contribution in [0.5, 0.6) is 0 Å². The van der Waals surface area contributed by atoms with E-state index in [1.807, 2.05) is 0 Å². The lowest BCUT2D eigenvalue weighted by Crippen LogP contribution is -2.41. The molecule has 0 saturated carbocycles. The van der Waals surface area contributed by atoms with E-state index in [1.54, 1.807) is 0 Å². The van der Waals surface area contributed by atoms with Crippen LogP contribution in [0.3, 0.4) is 0 Å². The van der Waals surface area contributed by atoms with Gasteiger partial charge < -0.3 is 9.84 Å². The Balaban J connectivity index is 2.50. The minimum atomic E-state index is -4.71. The highest BCUT2D eigenvalue weighted by Crippen LogP contribution is 2.39. The van der Waals surface area contributed by atoms with Gasteiger partial charge in [0, 0.05) is 5.69 Å². The number of amides is 1. The van der Waals surface area contributed by atoms with Crippen molar-refractivity contribution in [2.45, 2.75) is 25.2 Å². The van der Waals surface area contributed by atoms with Crippen LogP contribution < -0.4 is 4.90 Å². The third kappa shape index (κ3) is 2.78. The van der Waals surface area contributed by atoms with Gasteiger partial charge in [0.15, 0.2) is 5.69 Å². The van der Waals surface area contributed by atoms with Gasteiger partial charge in [0.1, 0.15) is 12.6 Å². The number of aliphatic hydroxyl groups excluding tert-OH is 1. The van der Waals surface area contributed by atoms with E-state index < -0.39 is 35.7 Å². The molecule has 0 unspecified atom stereocenters. The van der Waals surface area contributed by atoms with Crippen molar-refractivity contribution in [3.8, 4) is 0 Å². The van der Waals surface area contributed by atoms with Gasteiger partial charge in [-0.25, -0.2) is 9.64 Å². The number of anilines is 1. The van der Waals surface area contributed by atoms with E-state index in [0.29, 0.717) is 0 Å². The molecule has 1 heterocycles. The van der Waals surface area contributed by atoms with Crippen LogP contribution in [-0.2, 0) is 10.9 Å². The molecule has 2 atom stereocenters. The molecular weight excluding hydrogens is 289 g/mol. The van der Waals surface area contributed by atoms with Crippen LogP contribution in [0, 0.1) is 6.57 Å². The number of hydrogen-bond donors (Lipinski definition) is 1. The zero-order chi connectivity index (χ0) is 15.8. The van der Waals surface area contributed by atoms with Crippen LogP contribution in [0.1, 0.15) is 12.5 Å². The zero-order valence-electron chi connectivity index (χ0n) is 10.9. The first-order valence-corrected chi connectivity index (χ1v) is 5.98. The molecule has 0 aliphatic carbocycles. The number of alkyl halides is 3. The van der Waals surface area contributed by atoms with Crippen molar-refractivity contribution in [3.63, 3.8) is 0 Å². The molecular formula is C13H11F3N2O3. The van der Waals surface area contributed by atoms with Gasteiger partial charge in [0.25, 0.3) is 0 Å². The molecule has 1 N–H and O–H groups in total. The first-order valence-electron chi connectivity index (χ1n) is 5.98. The third-order valence-electron chi connectivity index (χ3n) is 3.15. The Morgan fingerprint density at radius 3 is 2.71 bits per heavy atom. The topological polar surface area (TPSA) is 54.1 Å². The van der Waals surface area contributed by atoms with E-state index in [-0.39, 0.29) is 12.3 Å². The molecule has 21 heavy (non-hydrogen) atoms. The summed E-state index contributed by atoms with van der Waals surface area (Å²) in [5.74, 6) is 0. The van der Waals surface area contributed by atoms with E-state index in [4.69, 9.17) is 11.3 Å². The maximum atomic E-state index is 12.9. The van der Waals surface area contributed by atoms with Crippen LogP contribution in [0.4, 0.5) is 29.3 Å². The highest BCUT2D eigenvalue weighted by atomic mass is 19.4. The second-order valence-corrected chi connectivity index (χ2v) is 4.57. The largest absolute Gasteiger partial charge is 0.447 e. The third-order valence-corrected chi connectivity index (χ3v) is 3.15. The van der Waals surface area contributed by atoms with Crippen molar-refractivity contribution in [2.75, 3.05) is 11.5 Å². The number of benzene rings is 1. The summed E-state index contributed by atoms with van der Waals surface area (Å²) in [4.78, 5) is 15.4. The first kappa shape index (κ1) is 15.1. The Labute approximate surface area is 118 Å². The number of carbonyl (C=O) groups excluding carboxylic acids is 1. The molecule has 1 aromatic carbocycles. The van der Waals surface area contributed by atoms with Gasteiger partial charge in [-0.2, -0.15) is 13.2 Å². The Kier molecular flexibility index (Phi) is 3.78. The van der Waals surface area contributed by atoms with E-state index in [2.05, 4.69) is 4.85 Å². The fourth-order valence-corrected chi connectivity index (χ4v) is 2.09. The summed E-state index contributed by atoms with van der Waals surface area (Å²) in [6.07, 6.45) is -6.50. The van der Waals surface area contributed by atoms with Crippen molar-refractivity contribution in [2.24, 2.45) is 0 Å². The zero-order valence-corrected chi connectivity index (χ0v) is 10.9. The van der Waals surface area contributed by atoms with Crippen LogP contribution in [0.15, 0.2) is 18.2 Å². The molecule has 0 aromatic heterocycles. The van der Waals surface area contributed by atoms with Gasteiger partial charge in [-0.15, -0.1) is 0 Å². The summed E-state index contributed by atoms with van der Waals surface area (Å²) in [6, 6.07) is 2.17. The van der Waals surface area contributed by atoms with Crippen molar-refractivity contribution in [1.29, 1.82) is 0 Å². The fraction of sp³-hybridized carbons (Fsp3) is 0.385. The predicted molar refractivity (Wildman–Crippen MR) is 67.0 cm³/mol. The summed E-state index contributed by atoms with van der Waals surface area (Å²) in [7, 11) is 0. The molecule has 0 bridgehead atoms. The second-order valence-electron chi connectivity index (χ2n) is 4.57. The summed E-state index contributed by atoms with van der Waals surface area (Å²) < 4.78 is 43.5. The number of aliphatic hydroxyl groups is 1. The Bertz CT molecular complexity index is 608. The maximum absolute atomic E-state index is 12.9. The minimum absolute atomic E-state index is 0.0666. The molecule has 1 aliphatic heterocycles. The Morgan fingerprint density at radius 2 is 2.19 bits per heavy atom. The normalized spacial score (nSPS) is 20.1. The van der Waals surface area contributed by atoms with Crippen LogP contribution >= 0.6 is 0 Å². The Morgan fingerprint density at radius 1 is 1.52 bits per heavy atom. The number of halogens is 3. The molecule has 0 spiro atoms. The smallest absolute Gasteiger partial charge is 0.414 e. The lowest BCUT2D eigenvalue weighted by molar-refractivity contribution is -0.136. The summed E-state index contributed by atoms with van der Waals surface area (Å²) in [5, 5.41) is 9.59. The average Bonchev–Trinajstić information content (AvgIpc) is 2.79. The summed E-state index contributed by atoms with van der Waals surface area (Å²) in [5.41, 5.74) is -1.74. The van der Waals surface area contributed by atoms with Gasteiger partial charge in [0.05, 0.1) is 18.2 Å². The van der Waals surface area contributed by atoms with Gasteiger partial charge in [-0.1, -0.05) is 6.07 Å². The molecule has 2 rings (SSSR count). The number of carbonyl (C=O) groups is 1. The number of rotatable bonds is 2. The number of ether oxygens (including phenoxy) is 1. The van der Waals surface area contributed by atoms with E-state index in [0.717, 1.165) is 17.0 Å². The quantitative estimate of drug-likeness (QED) is 0.854. The van der Waals surface area contributed by atoms with Gasteiger partial charge in [-0.05, 0) is 19.1 Å². The molecule has 0 radical (unpaired) electrons. The summed E-state index contributed by atoms with van der Waals surface area (Å²) in [6.45, 7) is 8.08. The van der Waals surface area contributed by atoms with Crippen LogP contribution in [-0.4, -0.2) is 30.0 Å². The average molecular weight is 300 g/mol. The molecule has 5 nitrogen and oxygen atoms in total. The van der Waals surface area contributed by atoms with Crippen molar-refractivity contribution in [1.82, 2.24) is 0 Å². The van der Waals surface area contributed by atoms with Gasteiger partial charge in [-0.3, -0.25) is 4.90 Å². The predicted octanol–water partition coefficient (Wildman–Crippen LogP) is 2.96. The number of cyclic esters (lactones) is 1. The number of nitrogens with zero attached hydrogens (tertiary/aromatic N) is 2. The molecule has 1 aromatic rings. The van der Waals surface area contributed by atoms with E-state index >= 15 is 0 Å². The van der Waals surface area contributed by atoms with Crippen molar-refractivity contribution >= 4 is 17.5 Å².